The third-order valence-corrected chi connectivity index (χ3v) is 4.49. The smallest absolute Gasteiger partial charge is 0.407 e. The van der Waals surface area contributed by atoms with E-state index in [0.717, 1.165) is 20.2 Å². The predicted molar refractivity (Wildman–Crippen MR) is 99.1 cm³/mol. The zero-order valence-corrected chi connectivity index (χ0v) is 16.6. The molecule has 24 heavy (non-hydrogen) atoms. The Bertz CT molecular complexity index is 696. The number of ether oxygens (including phenoxy) is 2. The zero-order chi connectivity index (χ0) is 17.5. The van der Waals surface area contributed by atoms with Crippen LogP contribution in [-0.4, -0.2) is 23.7 Å². The average molecular weight is 458 g/mol. The fraction of sp³-hybridized carbons (Fsp3) is 0.294. The number of nitrogens with one attached hydrogen (secondary N) is 1. The molecule has 0 aliphatic rings. The Hall–Kier alpha value is -1.60. The molecule has 1 heterocycles. The van der Waals surface area contributed by atoms with Crippen LogP contribution in [0.2, 0.25) is 0 Å². The monoisotopic (exact) mass is 456 g/mol. The summed E-state index contributed by atoms with van der Waals surface area (Å²) in [7, 11) is 0. The standard InChI is InChI=1S/C17H18Br2N2O3/c1-11(9-23-16-15(19)8-14(18)12(2)21-16)20-17(22)24-10-13-6-4-3-5-7-13/h3-8,11H,9-10H2,1-2H3,(H,20,22). The van der Waals surface area contributed by atoms with Crippen LogP contribution in [0.15, 0.2) is 45.3 Å². The van der Waals surface area contributed by atoms with Crippen molar-refractivity contribution in [3.8, 4) is 5.88 Å². The fourth-order valence-electron chi connectivity index (χ4n) is 1.85. The van der Waals surface area contributed by atoms with Gasteiger partial charge in [-0.05, 0) is 57.3 Å². The second-order valence-electron chi connectivity index (χ2n) is 5.26. The third-order valence-electron chi connectivity index (χ3n) is 3.12. The molecule has 2 rings (SSSR count). The molecule has 0 radical (unpaired) electrons. The van der Waals surface area contributed by atoms with Gasteiger partial charge < -0.3 is 14.8 Å². The summed E-state index contributed by atoms with van der Waals surface area (Å²) in [6.07, 6.45) is -0.478. The number of carbonyl (C=O) groups excluding carboxylic acids is 1. The first kappa shape index (κ1) is 18.7. The number of nitrogens with zero attached hydrogens (tertiary/aromatic N) is 1. The number of amides is 1. The topological polar surface area (TPSA) is 60.5 Å². The van der Waals surface area contributed by atoms with E-state index in [4.69, 9.17) is 9.47 Å². The van der Waals surface area contributed by atoms with Gasteiger partial charge in [-0.25, -0.2) is 9.78 Å². The van der Waals surface area contributed by atoms with Crippen LogP contribution in [0, 0.1) is 6.92 Å². The highest BCUT2D eigenvalue weighted by molar-refractivity contribution is 9.11. The van der Waals surface area contributed by atoms with Crippen LogP contribution in [-0.2, 0) is 11.3 Å². The molecule has 5 nitrogen and oxygen atoms in total. The second kappa shape index (κ2) is 9.03. The molecule has 0 aliphatic carbocycles. The lowest BCUT2D eigenvalue weighted by molar-refractivity contribution is 0.132. The molecule has 128 valence electrons. The molecule has 2 aromatic rings. The van der Waals surface area contributed by atoms with Gasteiger partial charge in [0.2, 0.25) is 5.88 Å². The maximum absolute atomic E-state index is 11.8. The van der Waals surface area contributed by atoms with E-state index in [1.54, 1.807) is 0 Å². The molecule has 0 fully saturated rings. The van der Waals surface area contributed by atoms with Crippen molar-refractivity contribution < 1.29 is 14.3 Å². The van der Waals surface area contributed by atoms with Crippen molar-refractivity contribution in [2.75, 3.05) is 6.61 Å². The SMILES string of the molecule is Cc1nc(OCC(C)NC(=O)OCc2ccccc2)c(Br)cc1Br. The summed E-state index contributed by atoms with van der Waals surface area (Å²) < 4.78 is 12.5. The van der Waals surface area contributed by atoms with Crippen molar-refractivity contribution in [3.63, 3.8) is 0 Å². The van der Waals surface area contributed by atoms with E-state index >= 15 is 0 Å². The van der Waals surface area contributed by atoms with Gasteiger partial charge in [0, 0.05) is 4.47 Å². The lowest BCUT2D eigenvalue weighted by atomic mass is 10.2. The number of hydrogen-bond acceptors (Lipinski definition) is 4. The number of aryl methyl sites for hydroxylation is 1. The van der Waals surface area contributed by atoms with Gasteiger partial charge >= 0.3 is 6.09 Å². The molecule has 1 aromatic heterocycles. The van der Waals surface area contributed by atoms with Crippen molar-refractivity contribution >= 4 is 38.0 Å². The number of pyridine rings is 1. The maximum atomic E-state index is 11.8. The summed E-state index contributed by atoms with van der Waals surface area (Å²) in [5, 5.41) is 2.73. The molecule has 1 N–H and O–H groups in total. The van der Waals surface area contributed by atoms with Gasteiger partial charge in [-0.1, -0.05) is 30.3 Å². The first-order valence-corrected chi connectivity index (χ1v) is 8.97. The largest absolute Gasteiger partial charge is 0.475 e. The van der Waals surface area contributed by atoms with Crippen LogP contribution in [0.4, 0.5) is 4.79 Å². The van der Waals surface area contributed by atoms with Crippen molar-refractivity contribution in [2.24, 2.45) is 0 Å². The molecule has 0 bridgehead atoms. The Morgan fingerprint density at radius 1 is 1.25 bits per heavy atom. The Kier molecular flexibility index (Phi) is 7.05. The van der Waals surface area contributed by atoms with Crippen molar-refractivity contribution in [3.05, 3.63) is 56.6 Å². The van der Waals surface area contributed by atoms with E-state index in [-0.39, 0.29) is 19.3 Å². The van der Waals surface area contributed by atoms with Gasteiger partial charge in [0.05, 0.1) is 16.2 Å². The first-order chi connectivity index (χ1) is 11.5. The minimum atomic E-state index is -0.478. The second-order valence-corrected chi connectivity index (χ2v) is 6.97. The molecule has 1 atom stereocenters. The van der Waals surface area contributed by atoms with Gasteiger partial charge in [0.1, 0.15) is 13.2 Å². The number of carbonyl (C=O) groups is 1. The molecule has 0 saturated heterocycles. The molecule has 1 aromatic carbocycles. The van der Waals surface area contributed by atoms with Gasteiger partial charge in [0.25, 0.3) is 0 Å². The van der Waals surface area contributed by atoms with Gasteiger partial charge in [-0.3, -0.25) is 0 Å². The highest BCUT2D eigenvalue weighted by Gasteiger charge is 2.12. The highest BCUT2D eigenvalue weighted by atomic mass is 79.9. The van der Waals surface area contributed by atoms with E-state index < -0.39 is 6.09 Å². The van der Waals surface area contributed by atoms with E-state index in [0.29, 0.717) is 5.88 Å². The van der Waals surface area contributed by atoms with E-state index in [9.17, 15) is 4.79 Å². The number of benzene rings is 1. The highest BCUT2D eigenvalue weighted by Crippen LogP contribution is 2.28. The quantitative estimate of drug-likeness (QED) is 0.688. The number of halogens is 2. The number of aromatic nitrogens is 1. The molecular formula is C17H18Br2N2O3. The molecule has 0 saturated carbocycles. The number of alkyl carbamates (subject to hydrolysis) is 1. The summed E-state index contributed by atoms with van der Waals surface area (Å²) in [5.41, 5.74) is 1.77. The molecule has 0 spiro atoms. The minimum absolute atomic E-state index is 0.217. The summed E-state index contributed by atoms with van der Waals surface area (Å²) >= 11 is 6.81. The molecule has 0 aliphatic heterocycles. The van der Waals surface area contributed by atoms with Crippen LogP contribution < -0.4 is 10.1 Å². The van der Waals surface area contributed by atoms with E-state index in [1.807, 2.05) is 50.2 Å². The van der Waals surface area contributed by atoms with Gasteiger partial charge in [0.15, 0.2) is 0 Å². The van der Waals surface area contributed by atoms with E-state index in [1.165, 1.54) is 0 Å². The minimum Gasteiger partial charge on any atom is -0.475 e. The van der Waals surface area contributed by atoms with Crippen molar-refractivity contribution in [1.82, 2.24) is 10.3 Å². The van der Waals surface area contributed by atoms with Crippen molar-refractivity contribution in [1.29, 1.82) is 0 Å². The summed E-state index contributed by atoms with van der Waals surface area (Å²) in [6, 6.07) is 11.2. The van der Waals surface area contributed by atoms with Gasteiger partial charge in [-0.15, -0.1) is 0 Å². The fourth-order valence-corrected chi connectivity index (χ4v) is 2.91. The number of hydrogen-bond donors (Lipinski definition) is 1. The third kappa shape index (κ3) is 5.79. The molecule has 7 heteroatoms. The normalized spacial score (nSPS) is 11.7. The Morgan fingerprint density at radius 2 is 1.96 bits per heavy atom. The number of rotatable bonds is 6. The first-order valence-electron chi connectivity index (χ1n) is 7.38. The molecular weight excluding hydrogens is 440 g/mol. The maximum Gasteiger partial charge on any atom is 0.407 e. The Balaban J connectivity index is 1.77. The van der Waals surface area contributed by atoms with Gasteiger partial charge in [-0.2, -0.15) is 0 Å². The Labute approximate surface area is 158 Å². The molecule has 1 unspecified atom stereocenters. The summed E-state index contributed by atoms with van der Waals surface area (Å²) in [6.45, 7) is 4.24. The van der Waals surface area contributed by atoms with Crippen LogP contribution in [0.1, 0.15) is 18.2 Å². The zero-order valence-electron chi connectivity index (χ0n) is 13.4. The van der Waals surface area contributed by atoms with Crippen molar-refractivity contribution in [2.45, 2.75) is 26.5 Å². The lowest BCUT2D eigenvalue weighted by Crippen LogP contribution is -2.37. The van der Waals surface area contributed by atoms with Crippen LogP contribution in [0.5, 0.6) is 5.88 Å². The summed E-state index contributed by atoms with van der Waals surface area (Å²) in [5.74, 6) is 0.488. The summed E-state index contributed by atoms with van der Waals surface area (Å²) in [4.78, 5) is 16.1. The molecule has 1 amide bonds. The van der Waals surface area contributed by atoms with E-state index in [2.05, 4.69) is 42.2 Å². The predicted octanol–water partition coefficient (Wildman–Crippen LogP) is 4.61. The average Bonchev–Trinajstić information content (AvgIpc) is 2.56. The van der Waals surface area contributed by atoms with Crippen LogP contribution >= 0.6 is 31.9 Å². The van der Waals surface area contributed by atoms with Crippen LogP contribution in [0.25, 0.3) is 0 Å². The lowest BCUT2D eigenvalue weighted by Gasteiger charge is -2.15. The van der Waals surface area contributed by atoms with Crippen LogP contribution in [0.3, 0.4) is 0 Å². The Morgan fingerprint density at radius 3 is 2.67 bits per heavy atom.